The van der Waals surface area contributed by atoms with Crippen LogP contribution in [0.3, 0.4) is 0 Å². The fourth-order valence-corrected chi connectivity index (χ4v) is 2.40. The highest BCUT2D eigenvalue weighted by molar-refractivity contribution is 5.96. The molecule has 2 rings (SSSR count). The number of benzene rings is 1. The molecular formula is C15H15F3N2O3. The van der Waals surface area contributed by atoms with Gasteiger partial charge in [0.25, 0.3) is 5.54 Å². The Labute approximate surface area is 129 Å². The number of H-pyrrole nitrogens is 1. The molecule has 0 aliphatic carbocycles. The van der Waals surface area contributed by atoms with Crippen LogP contribution in [0.4, 0.5) is 13.2 Å². The van der Waals surface area contributed by atoms with Crippen LogP contribution in [0, 0.1) is 0 Å². The summed E-state index contributed by atoms with van der Waals surface area (Å²) in [6.07, 6.45) is -4.24. The standard InChI is InChI=1S/C15H15F3N2O3/c1-3-12(21)20-14(13(22)23-2,15(16,17)18)10-8-19-11-7-5-4-6-9(10)11/h4-8,19H,3H2,1-2H3,(H,20,21). The second kappa shape index (κ2) is 5.94. The van der Waals surface area contributed by atoms with Gasteiger partial charge >= 0.3 is 12.1 Å². The third-order valence-electron chi connectivity index (χ3n) is 3.56. The fraction of sp³-hybridized carbons (Fsp3) is 0.333. The van der Waals surface area contributed by atoms with Crippen molar-refractivity contribution in [2.45, 2.75) is 25.1 Å². The molecule has 1 atom stereocenters. The quantitative estimate of drug-likeness (QED) is 0.848. The maximum Gasteiger partial charge on any atom is 0.426 e. The lowest BCUT2D eigenvalue weighted by Gasteiger charge is -2.33. The van der Waals surface area contributed by atoms with Gasteiger partial charge in [-0.1, -0.05) is 25.1 Å². The number of carbonyl (C=O) groups excluding carboxylic acids is 2. The zero-order valence-corrected chi connectivity index (χ0v) is 12.5. The molecule has 0 saturated heterocycles. The van der Waals surface area contributed by atoms with Gasteiger partial charge in [-0.05, 0) is 6.07 Å². The number of halogens is 3. The van der Waals surface area contributed by atoms with E-state index < -0.39 is 29.2 Å². The van der Waals surface area contributed by atoms with Crippen LogP contribution in [0.1, 0.15) is 18.9 Å². The Kier molecular flexibility index (Phi) is 4.35. The summed E-state index contributed by atoms with van der Waals surface area (Å²) < 4.78 is 46.0. The minimum absolute atomic E-state index is 0.173. The lowest BCUT2D eigenvalue weighted by atomic mass is 9.88. The highest BCUT2D eigenvalue weighted by Gasteiger charge is 2.64. The lowest BCUT2D eigenvalue weighted by Crippen LogP contribution is -2.61. The van der Waals surface area contributed by atoms with Crippen molar-refractivity contribution in [2.24, 2.45) is 0 Å². The smallest absolute Gasteiger partial charge is 0.426 e. The second-order valence-corrected chi connectivity index (χ2v) is 4.89. The van der Waals surface area contributed by atoms with Crippen molar-refractivity contribution in [2.75, 3.05) is 7.11 Å². The van der Waals surface area contributed by atoms with Gasteiger partial charge in [0.15, 0.2) is 0 Å². The topological polar surface area (TPSA) is 71.2 Å². The molecular weight excluding hydrogens is 313 g/mol. The van der Waals surface area contributed by atoms with Crippen molar-refractivity contribution in [1.29, 1.82) is 0 Å². The minimum atomic E-state index is -5.09. The molecule has 0 aliphatic heterocycles. The maximum absolute atomic E-state index is 13.9. The highest BCUT2D eigenvalue weighted by Crippen LogP contribution is 2.43. The Morgan fingerprint density at radius 1 is 1.26 bits per heavy atom. The first-order chi connectivity index (χ1) is 10.8. The van der Waals surface area contributed by atoms with Crippen LogP contribution in [-0.4, -0.2) is 30.1 Å². The van der Waals surface area contributed by atoms with Gasteiger partial charge in [0, 0.05) is 29.1 Å². The van der Waals surface area contributed by atoms with Gasteiger partial charge in [0.1, 0.15) is 0 Å². The summed E-state index contributed by atoms with van der Waals surface area (Å²) in [5.74, 6) is -2.52. The van der Waals surface area contributed by atoms with Gasteiger partial charge in [-0.2, -0.15) is 13.2 Å². The van der Waals surface area contributed by atoms with Crippen molar-refractivity contribution in [1.82, 2.24) is 10.3 Å². The van der Waals surface area contributed by atoms with E-state index in [1.807, 2.05) is 0 Å². The maximum atomic E-state index is 13.9. The van der Waals surface area contributed by atoms with E-state index in [1.54, 1.807) is 23.5 Å². The number of nitrogens with one attached hydrogen (secondary N) is 2. The van der Waals surface area contributed by atoms with E-state index in [1.165, 1.54) is 13.0 Å². The summed E-state index contributed by atoms with van der Waals surface area (Å²) in [6, 6.07) is 6.18. The lowest BCUT2D eigenvalue weighted by molar-refractivity contribution is -0.215. The van der Waals surface area contributed by atoms with Crippen LogP contribution in [0.15, 0.2) is 30.5 Å². The van der Waals surface area contributed by atoms with Crippen molar-refractivity contribution < 1.29 is 27.5 Å². The van der Waals surface area contributed by atoms with Crippen molar-refractivity contribution >= 4 is 22.8 Å². The average molecular weight is 328 g/mol. The summed E-state index contributed by atoms with van der Waals surface area (Å²) in [5.41, 5.74) is -3.27. The van der Waals surface area contributed by atoms with Crippen molar-refractivity contribution in [3.8, 4) is 0 Å². The second-order valence-electron chi connectivity index (χ2n) is 4.89. The zero-order chi connectivity index (χ0) is 17.3. The first-order valence-corrected chi connectivity index (χ1v) is 6.80. The van der Waals surface area contributed by atoms with E-state index in [-0.39, 0.29) is 11.8 Å². The molecule has 0 radical (unpaired) electrons. The molecule has 1 amide bonds. The van der Waals surface area contributed by atoms with Crippen LogP contribution in [0.5, 0.6) is 0 Å². The van der Waals surface area contributed by atoms with E-state index in [4.69, 9.17) is 0 Å². The number of hydrogen-bond acceptors (Lipinski definition) is 3. The number of para-hydroxylation sites is 1. The molecule has 1 heterocycles. The number of esters is 1. The Bertz CT molecular complexity index is 739. The molecule has 0 saturated carbocycles. The Morgan fingerprint density at radius 2 is 1.91 bits per heavy atom. The van der Waals surface area contributed by atoms with Crippen LogP contribution in [0.2, 0.25) is 0 Å². The summed E-state index contributed by atoms with van der Waals surface area (Å²) in [6.45, 7) is 1.39. The molecule has 2 N–H and O–H groups in total. The number of aromatic amines is 1. The summed E-state index contributed by atoms with van der Waals surface area (Å²) in [7, 11) is 0.843. The molecule has 0 spiro atoms. The molecule has 0 fully saturated rings. The zero-order valence-electron chi connectivity index (χ0n) is 12.5. The van der Waals surface area contributed by atoms with Crippen molar-refractivity contribution in [3.05, 3.63) is 36.0 Å². The predicted molar refractivity (Wildman–Crippen MR) is 76.5 cm³/mol. The summed E-state index contributed by atoms with van der Waals surface area (Å²) >= 11 is 0. The molecule has 8 heteroatoms. The van der Waals surface area contributed by atoms with E-state index in [9.17, 15) is 22.8 Å². The van der Waals surface area contributed by atoms with Crippen LogP contribution < -0.4 is 5.32 Å². The highest BCUT2D eigenvalue weighted by atomic mass is 19.4. The predicted octanol–water partition coefficient (Wildman–Crippen LogP) is 2.62. The number of fused-ring (bicyclic) bond motifs is 1. The molecule has 2 aromatic rings. The van der Waals surface area contributed by atoms with Crippen molar-refractivity contribution in [3.63, 3.8) is 0 Å². The largest absolute Gasteiger partial charge is 0.467 e. The number of methoxy groups -OCH3 is 1. The van der Waals surface area contributed by atoms with Gasteiger partial charge in [0.05, 0.1) is 7.11 Å². The number of aromatic nitrogens is 1. The first kappa shape index (κ1) is 16.9. The normalized spacial score (nSPS) is 14.3. The fourth-order valence-electron chi connectivity index (χ4n) is 2.40. The third-order valence-corrected chi connectivity index (χ3v) is 3.56. The van der Waals surface area contributed by atoms with Gasteiger partial charge in [0.2, 0.25) is 5.91 Å². The number of hydrogen-bond donors (Lipinski definition) is 2. The summed E-state index contributed by atoms with van der Waals surface area (Å²) in [4.78, 5) is 26.5. The molecule has 23 heavy (non-hydrogen) atoms. The number of rotatable bonds is 4. The number of ether oxygens (including phenoxy) is 1. The number of alkyl halides is 3. The SMILES string of the molecule is CCC(=O)NC(C(=O)OC)(c1c[nH]c2ccccc12)C(F)(F)F. The minimum Gasteiger partial charge on any atom is -0.467 e. The number of carbonyl (C=O) groups is 2. The molecule has 1 aromatic heterocycles. The van der Waals surface area contributed by atoms with Crippen LogP contribution in [-0.2, 0) is 19.9 Å². The summed E-state index contributed by atoms with van der Waals surface area (Å²) in [5, 5.41) is 1.98. The Morgan fingerprint density at radius 3 is 2.48 bits per heavy atom. The third kappa shape index (κ3) is 2.64. The van der Waals surface area contributed by atoms with E-state index in [0.29, 0.717) is 5.52 Å². The Hall–Kier alpha value is -2.51. The van der Waals surface area contributed by atoms with Gasteiger partial charge < -0.3 is 15.0 Å². The molecule has 0 bridgehead atoms. The average Bonchev–Trinajstić information content (AvgIpc) is 2.94. The number of amides is 1. The monoisotopic (exact) mass is 328 g/mol. The molecule has 124 valence electrons. The van der Waals surface area contributed by atoms with E-state index in [2.05, 4.69) is 9.72 Å². The first-order valence-electron chi connectivity index (χ1n) is 6.80. The molecule has 1 unspecified atom stereocenters. The van der Waals surface area contributed by atoms with Gasteiger partial charge in [-0.25, -0.2) is 4.79 Å². The molecule has 5 nitrogen and oxygen atoms in total. The molecule has 1 aromatic carbocycles. The van der Waals surface area contributed by atoms with E-state index in [0.717, 1.165) is 13.3 Å². The van der Waals surface area contributed by atoms with E-state index >= 15 is 0 Å². The molecule has 0 aliphatic rings. The van der Waals surface area contributed by atoms with Gasteiger partial charge in [-0.15, -0.1) is 0 Å². The Balaban J connectivity index is 2.79. The van der Waals surface area contributed by atoms with Gasteiger partial charge in [-0.3, -0.25) is 4.79 Å². The van der Waals surface area contributed by atoms with Crippen LogP contribution >= 0.6 is 0 Å². The van der Waals surface area contributed by atoms with Crippen LogP contribution in [0.25, 0.3) is 10.9 Å².